The van der Waals surface area contributed by atoms with Gasteiger partial charge in [-0.15, -0.1) is 0 Å². The van der Waals surface area contributed by atoms with Crippen molar-refractivity contribution in [3.8, 4) is 5.69 Å². The van der Waals surface area contributed by atoms with Crippen molar-refractivity contribution in [2.24, 2.45) is 0 Å². The van der Waals surface area contributed by atoms with Crippen LogP contribution in [0.25, 0.3) is 16.6 Å². The van der Waals surface area contributed by atoms with E-state index in [0.29, 0.717) is 0 Å². The Morgan fingerprint density at radius 2 is 1.75 bits per heavy atom. The van der Waals surface area contributed by atoms with Gasteiger partial charge in [-0.3, -0.25) is 0 Å². The molecule has 78 valence electrons. The molecule has 0 aliphatic carbocycles. The van der Waals surface area contributed by atoms with Crippen LogP contribution in [0.15, 0.2) is 54.7 Å². The molecule has 2 nitrogen and oxygen atoms in total. The van der Waals surface area contributed by atoms with Gasteiger partial charge in [-0.1, -0.05) is 36.4 Å². The second-order valence-electron chi connectivity index (χ2n) is 3.90. The molecule has 3 aromatic rings. The number of nitrogens with zero attached hydrogens (tertiary/aromatic N) is 2. The Bertz CT molecular complexity index is 624. The lowest BCUT2D eigenvalue weighted by Crippen LogP contribution is -1.96. The van der Waals surface area contributed by atoms with Gasteiger partial charge >= 0.3 is 0 Å². The molecule has 0 aliphatic heterocycles. The zero-order chi connectivity index (χ0) is 11.0. The van der Waals surface area contributed by atoms with Crippen molar-refractivity contribution in [2.75, 3.05) is 0 Å². The first-order valence-electron chi connectivity index (χ1n) is 5.35. The Morgan fingerprint density at radius 1 is 0.938 bits per heavy atom. The first kappa shape index (κ1) is 9.16. The molecule has 3 rings (SSSR count). The molecule has 2 heteroatoms. The van der Waals surface area contributed by atoms with Gasteiger partial charge < -0.3 is 0 Å². The van der Waals surface area contributed by atoms with E-state index in [0.717, 1.165) is 5.69 Å². The Kier molecular flexibility index (Phi) is 2.00. The fourth-order valence-corrected chi connectivity index (χ4v) is 2.02. The van der Waals surface area contributed by atoms with Crippen LogP contribution in [0.2, 0.25) is 0 Å². The Labute approximate surface area is 94.1 Å². The number of benzene rings is 2. The summed E-state index contributed by atoms with van der Waals surface area (Å²) in [4.78, 5) is 0. The maximum absolute atomic E-state index is 4.44. The molecule has 1 aromatic heterocycles. The number of hydrogen-bond donors (Lipinski definition) is 0. The summed E-state index contributed by atoms with van der Waals surface area (Å²) in [5.41, 5.74) is 3.54. The molecule has 0 spiro atoms. The highest BCUT2D eigenvalue weighted by molar-refractivity contribution is 5.83. The lowest BCUT2D eigenvalue weighted by molar-refractivity contribution is 0.907. The van der Waals surface area contributed by atoms with Gasteiger partial charge in [0.15, 0.2) is 0 Å². The summed E-state index contributed by atoms with van der Waals surface area (Å²) in [6.07, 6.45) is 1.91. The number of fused-ring (bicyclic) bond motifs is 1. The van der Waals surface area contributed by atoms with Crippen molar-refractivity contribution >= 4 is 10.9 Å². The maximum atomic E-state index is 4.44. The van der Waals surface area contributed by atoms with Gasteiger partial charge in [0, 0.05) is 5.39 Å². The van der Waals surface area contributed by atoms with Crippen LogP contribution in [0.1, 0.15) is 5.56 Å². The van der Waals surface area contributed by atoms with E-state index in [4.69, 9.17) is 0 Å². The van der Waals surface area contributed by atoms with Gasteiger partial charge in [0.1, 0.15) is 0 Å². The first-order chi connectivity index (χ1) is 7.86. The summed E-state index contributed by atoms with van der Waals surface area (Å²) in [6.45, 7) is 2.11. The average Bonchev–Trinajstić information content (AvgIpc) is 2.75. The van der Waals surface area contributed by atoms with Crippen molar-refractivity contribution in [1.82, 2.24) is 9.78 Å². The minimum atomic E-state index is 1.10. The first-order valence-corrected chi connectivity index (χ1v) is 5.35. The van der Waals surface area contributed by atoms with Crippen molar-refractivity contribution in [2.45, 2.75) is 6.92 Å². The third-order valence-electron chi connectivity index (χ3n) is 2.79. The summed E-state index contributed by atoms with van der Waals surface area (Å²) in [7, 11) is 0. The summed E-state index contributed by atoms with van der Waals surface area (Å²) < 4.78 is 1.99. The minimum absolute atomic E-state index is 1.10. The smallest absolute Gasteiger partial charge is 0.0770 e. The van der Waals surface area contributed by atoms with Crippen LogP contribution >= 0.6 is 0 Å². The van der Waals surface area contributed by atoms with E-state index in [1.54, 1.807) is 0 Å². The SMILES string of the molecule is Cc1cccc2cnn(-c3ccccc3)c12. The van der Waals surface area contributed by atoms with Crippen LogP contribution in [-0.2, 0) is 0 Å². The molecule has 0 unspecified atom stereocenters. The quantitative estimate of drug-likeness (QED) is 0.599. The molecule has 0 amide bonds. The molecule has 0 aliphatic rings. The number of para-hydroxylation sites is 2. The molecular formula is C14H12N2. The normalized spacial score (nSPS) is 10.8. The second-order valence-corrected chi connectivity index (χ2v) is 3.90. The van der Waals surface area contributed by atoms with Crippen molar-refractivity contribution in [3.05, 3.63) is 60.3 Å². The minimum Gasteiger partial charge on any atom is -0.233 e. The third-order valence-corrected chi connectivity index (χ3v) is 2.79. The summed E-state index contributed by atoms with van der Waals surface area (Å²) in [5, 5.41) is 5.63. The van der Waals surface area contributed by atoms with E-state index < -0.39 is 0 Å². The van der Waals surface area contributed by atoms with Gasteiger partial charge in [0.25, 0.3) is 0 Å². The lowest BCUT2D eigenvalue weighted by atomic mass is 10.1. The highest BCUT2D eigenvalue weighted by Crippen LogP contribution is 2.21. The van der Waals surface area contributed by atoms with Gasteiger partial charge in [-0.25, -0.2) is 4.68 Å². The summed E-state index contributed by atoms with van der Waals surface area (Å²) in [6, 6.07) is 16.5. The standard InChI is InChI=1S/C14H12N2/c1-11-6-5-7-12-10-15-16(14(11)12)13-8-3-2-4-9-13/h2-10H,1H3. The predicted octanol–water partition coefficient (Wildman–Crippen LogP) is 3.33. The molecule has 1 heterocycles. The van der Waals surface area contributed by atoms with Crippen molar-refractivity contribution < 1.29 is 0 Å². The van der Waals surface area contributed by atoms with Gasteiger partial charge in [-0.2, -0.15) is 5.10 Å². The second kappa shape index (κ2) is 3.49. The van der Waals surface area contributed by atoms with Crippen LogP contribution in [0.3, 0.4) is 0 Å². The topological polar surface area (TPSA) is 17.8 Å². The van der Waals surface area contributed by atoms with Crippen LogP contribution in [0.4, 0.5) is 0 Å². The van der Waals surface area contributed by atoms with E-state index >= 15 is 0 Å². The molecule has 0 fully saturated rings. The van der Waals surface area contributed by atoms with Crippen molar-refractivity contribution in [1.29, 1.82) is 0 Å². The summed E-state index contributed by atoms with van der Waals surface area (Å²) >= 11 is 0. The molecule has 0 saturated carbocycles. The third kappa shape index (κ3) is 1.31. The highest BCUT2D eigenvalue weighted by Gasteiger charge is 2.05. The number of hydrogen-bond acceptors (Lipinski definition) is 1. The molecule has 0 atom stereocenters. The molecule has 0 radical (unpaired) electrons. The van der Waals surface area contributed by atoms with E-state index in [1.165, 1.54) is 16.5 Å². The fourth-order valence-electron chi connectivity index (χ4n) is 2.02. The summed E-state index contributed by atoms with van der Waals surface area (Å²) in [5.74, 6) is 0. The monoisotopic (exact) mass is 208 g/mol. The van der Waals surface area contributed by atoms with E-state index in [2.05, 4.69) is 42.4 Å². The Morgan fingerprint density at radius 3 is 2.56 bits per heavy atom. The van der Waals surface area contributed by atoms with Crippen LogP contribution in [0.5, 0.6) is 0 Å². The predicted molar refractivity (Wildman–Crippen MR) is 65.8 cm³/mol. The Balaban J connectivity index is 2.33. The number of aromatic nitrogens is 2. The molecule has 0 saturated heterocycles. The Hall–Kier alpha value is -2.09. The van der Waals surface area contributed by atoms with Crippen LogP contribution < -0.4 is 0 Å². The van der Waals surface area contributed by atoms with E-state index in [-0.39, 0.29) is 0 Å². The number of rotatable bonds is 1. The van der Waals surface area contributed by atoms with Gasteiger partial charge in [0.2, 0.25) is 0 Å². The molecular weight excluding hydrogens is 196 g/mol. The fraction of sp³-hybridized carbons (Fsp3) is 0.0714. The zero-order valence-corrected chi connectivity index (χ0v) is 9.09. The lowest BCUT2D eigenvalue weighted by Gasteiger charge is -2.04. The average molecular weight is 208 g/mol. The van der Waals surface area contributed by atoms with Crippen LogP contribution in [-0.4, -0.2) is 9.78 Å². The van der Waals surface area contributed by atoms with Gasteiger partial charge in [-0.05, 0) is 24.6 Å². The maximum Gasteiger partial charge on any atom is 0.0770 e. The number of aryl methyl sites for hydroxylation is 1. The van der Waals surface area contributed by atoms with Gasteiger partial charge in [0.05, 0.1) is 17.4 Å². The zero-order valence-electron chi connectivity index (χ0n) is 9.09. The van der Waals surface area contributed by atoms with Crippen molar-refractivity contribution in [3.63, 3.8) is 0 Å². The van der Waals surface area contributed by atoms with E-state index in [1.807, 2.05) is 29.1 Å². The van der Waals surface area contributed by atoms with Crippen LogP contribution in [0, 0.1) is 6.92 Å². The molecule has 0 N–H and O–H groups in total. The molecule has 2 aromatic carbocycles. The molecule has 0 bridgehead atoms. The molecule has 16 heavy (non-hydrogen) atoms. The highest BCUT2D eigenvalue weighted by atomic mass is 15.3. The van der Waals surface area contributed by atoms with E-state index in [9.17, 15) is 0 Å². The largest absolute Gasteiger partial charge is 0.233 e.